The van der Waals surface area contributed by atoms with Crippen LogP contribution in [0.2, 0.25) is 0 Å². The van der Waals surface area contributed by atoms with Crippen LogP contribution in [0.1, 0.15) is 26.2 Å². The average Bonchev–Trinajstić information content (AvgIpc) is 2.59. The molecule has 0 bridgehead atoms. The smallest absolute Gasteiger partial charge is 0.269 e. The second-order valence-corrected chi connectivity index (χ2v) is 5.63. The molecule has 0 radical (unpaired) electrons. The summed E-state index contributed by atoms with van der Waals surface area (Å²) < 4.78 is 11.2. The number of ether oxygens (including phenoxy) is 2. The third kappa shape index (κ3) is 4.74. The third-order valence-corrected chi connectivity index (χ3v) is 3.93. The van der Waals surface area contributed by atoms with Crippen LogP contribution in [0.4, 0.5) is 11.4 Å². The largest absolute Gasteiger partial charge is 0.376 e. The molecule has 1 aromatic carbocycles. The number of rotatable bonds is 6. The predicted molar refractivity (Wildman–Crippen MR) is 85.5 cm³/mol. The lowest BCUT2D eigenvalue weighted by molar-refractivity contribution is -0.384. The molecular formula is C16H22N2O5. The van der Waals surface area contributed by atoms with E-state index in [0.717, 1.165) is 25.9 Å². The Morgan fingerprint density at radius 1 is 1.43 bits per heavy atom. The number of anilines is 1. The van der Waals surface area contributed by atoms with Gasteiger partial charge in [0, 0.05) is 31.5 Å². The fourth-order valence-electron chi connectivity index (χ4n) is 2.46. The summed E-state index contributed by atoms with van der Waals surface area (Å²) in [4.78, 5) is 24.0. The van der Waals surface area contributed by atoms with E-state index in [2.05, 4.69) is 0 Å². The van der Waals surface area contributed by atoms with Crippen molar-refractivity contribution in [2.75, 3.05) is 25.2 Å². The molecule has 0 spiro atoms. The summed E-state index contributed by atoms with van der Waals surface area (Å²) in [5.41, 5.74) is 0.582. The van der Waals surface area contributed by atoms with Crippen LogP contribution in [-0.4, -0.2) is 43.3 Å². The second-order valence-electron chi connectivity index (χ2n) is 5.63. The summed E-state index contributed by atoms with van der Waals surface area (Å²) in [5.74, 6) is -0.199. The number of nitrogens with zero attached hydrogens (tertiary/aromatic N) is 2. The number of carbonyl (C=O) groups excluding carboxylic acids is 1. The number of carbonyl (C=O) groups is 1. The van der Waals surface area contributed by atoms with Crippen molar-refractivity contribution in [1.29, 1.82) is 0 Å². The van der Waals surface area contributed by atoms with E-state index < -0.39 is 11.0 Å². The minimum absolute atomic E-state index is 0.00616. The summed E-state index contributed by atoms with van der Waals surface area (Å²) in [6.45, 7) is 2.85. The Balaban J connectivity index is 1.88. The Hall–Kier alpha value is -1.99. The highest BCUT2D eigenvalue weighted by molar-refractivity contribution is 5.95. The van der Waals surface area contributed by atoms with Crippen molar-refractivity contribution in [2.45, 2.75) is 38.4 Å². The first-order valence-corrected chi connectivity index (χ1v) is 7.74. The van der Waals surface area contributed by atoms with E-state index in [9.17, 15) is 14.9 Å². The molecule has 126 valence electrons. The van der Waals surface area contributed by atoms with Crippen LogP contribution in [0.25, 0.3) is 0 Å². The average molecular weight is 322 g/mol. The van der Waals surface area contributed by atoms with E-state index in [-0.39, 0.29) is 17.7 Å². The van der Waals surface area contributed by atoms with Gasteiger partial charge < -0.3 is 14.4 Å². The highest BCUT2D eigenvalue weighted by atomic mass is 16.6. The molecule has 1 saturated heterocycles. The SMILES string of the molecule is C[C@@H](OC[C@H]1CCCCO1)C(=O)N(C)c1ccc([N+](=O)[O-])cc1. The maximum atomic E-state index is 12.4. The van der Waals surface area contributed by atoms with Gasteiger partial charge in [-0.1, -0.05) is 0 Å². The Morgan fingerprint density at radius 2 is 2.13 bits per heavy atom. The van der Waals surface area contributed by atoms with Crippen molar-refractivity contribution in [3.05, 3.63) is 34.4 Å². The topological polar surface area (TPSA) is 81.9 Å². The predicted octanol–water partition coefficient (Wildman–Crippen LogP) is 2.53. The molecule has 0 saturated carbocycles. The molecule has 0 N–H and O–H groups in total. The Morgan fingerprint density at radius 3 is 2.70 bits per heavy atom. The normalized spacial score (nSPS) is 19.1. The van der Waals surface area contributed by atoms with Gasteiger partial charge >= 0.3 is 0 Å². The first-order valence-electron chi connectivity index (χ1n) is 7.74. The van der Waals surface area contributed by atoms with Crippen LogP contribution >= 0.6 is 0 Å². The fourth-order valence-corrected chi connectivity index (χ4v) is 2.46. The monoisotopic (exact) mass is 322 g/mol. The quantitative estimate of drug-likeness (QED) is 0.594. The van der Waals surface area contributed by atoms with Gasteiger partial charge in [0.25, 0.3) is 11.6 Å². The Kier molecular flexibility index (Phi) is 6.06. The minimum Gasteiger partial charge on any atom is -0.376 e. The van der Waals surface area contributed by atoms with E-state index in [1.54, 1.807) is 26.1 Å². The van der Waals surface area contributed by atoms with E-state index >= 15 is 0 Å². The zero-order valence-corrected chi connectivity index (χ0v) is 13.4. The van der Waals surface area contributed by atoms with Crippen LogP contribution < -0.4 is 4.90 Å². The molecule has 1 aliphatic heterocycles. The molecule has 1 aromatic rings. The highest BCUT2D eigenvalue weighted by Gasteiger charge is 2.22. The van der Waals surface area contributed by atoms with E-state index in [1.165, 1.54) is 17.0 Å². The van der Waals surface area contributed by atoms with Gasteiger partial charge in [0.2, 0.25) is 0 Å². The molecule has 1 amide bonds. The van der Waals surface area contributed by atoms with Crippen LogP contribution in [0.3, 0.4) is 0 Å². The summed E-state index contributed by atoms with van der Waals surface area (Å²) in [6, 6.07) is 5.85. The molecule has 1 aliphatic rings. The lowest BCUT2D eigenvalue weighted by Crippen LogP contribution is -2.38. The molecule has 0 aromatic heterocycles. The number of hydrogen-bond donors (Lipinski definition) is 0. The van der Waals surface area contributed by atoms with Gasteiger partial charge in [0.05, 0.1) is 17.6 Å². The standard InChI is InChI=1S/C16H22N2O5/c1-12(23-11-15-5-3-4-10-22-15)16(19)17(2)13-6-8-14(9-7-13)18(20)21/h6-9,12,15H,3-5,10-11H2,1-2H3/t12-,15-/m1/s1. The van der Waals surface area contributed by atoms with E-state index in [0.29, 0.717) is 12.3 Å². The molecule has 0 aliphatic carbocycles. The molecule has 7 nitrogen and oxygen atoms in total. The van der Waals surface area contributed by atoms with Crippen molar-refractivity contribution in [1.82, 2.24) is 0 Å². The molecular weight excluding hydrogens is 300 g/mol. The van der Waals surface area contributed by atoms with Crippen molar-refractivity contribution in [3.63, 3.8) is 0 Å². The Labute approximate surface area is 135 Å². The summed E-state index contributed by atoms with van der Waals surface area (Å²) >= 11 is 0. The molecule has 2 atom stereocenters. The van der Waals surface area contributed by atoms with Crippen molar-refractivity contribution in [3.8, 4) is 0 Å². The van der Waals surface area contributed by atoms with Gasteiger partial charge in [-0.05, 0) is 38.3 Å². The first-order chi connectivity index (χ1) is 11.0. The highest BCUT2D eigenvalue weighted by Crippen LogP contribution is 2.20. The van der Waals surface area contributed by atoms with Gasteiger partial charge in [-0.2, -0.15) is 0 Å². The zero-order valence-electron chi connectivity index (χ0n) is 13.4. The lowest BCUT2D eigenvalue weighted by Gasteiger charge is -2.26. The number of nitro groups is 1. The van der Waals surface area contributed by atoms with Gasteiger partial charge in [-0.25, -0.2) is 0 Å². The van der Waals surface area contributed by atoms with E-state index in [4.69, 9.17) is 9.47 Å². The lowest BCUT2D eigenvalue weighted by atomic mass is 10.1. The van der Waals surface area contributed by atoms with Crippen LogP contribution in [0.5, 0.6) is 0 Å². The molecule has 7 heteroatoms. The van der Waals surface area contributed by atoms with Gasteiger partial charge in [0.1, 0.15) is 6.10 Å². The summed E-state index contributed by atoms with van der Waals surface area (Å²) in [5, 5.41) is 10.7. The van der Waals surface area contributed by atoms with Gasteiger partial charge in [-0.3, -0.25) is 14.9 Å². The number of hydrogen-bond acceptors (Lipinski definition) is 5. The van der Waals surface area contributed by atoms with Gasteiger partial charge in [0.15, 0.2) is 0 Å². The van der Waals surface area contributed by atoms with Gasteiger partial charge in [-0.15, -0.1) is 0 Å². The Bertz CT molecular complexity index is 540. The summed E-state index contributed by atoms with van der Waals surface area (Å²) in [6.07, 6.45) is 2.62. The summed E-state index contributed by atoms with van der Waals surface area (Å²) in [7, 11) is 1.63. The molecule has 1 fully saturated rings. The molecule has 0 unspecified atom stereocenters. The maximum absolute atomic E-state index is 12.4. The molecule has 2 rings (SSSR count). The van der Waals surface area contributed by atoms with Crippen molar-refractivity contribution >= 4 is 17.3 Å². The van der Waals surface area contributed by atoms with E-state index in [1.807, 2.05) is 0 Å². The van der Waals surface area contributed by atoms with Crippen LogP contribution in [0, 0.1) is 10.1 Å². The second kappa shape index (κ2) is 8.03. The zero-order chi connectivity index (χ0) is 16.8. The third-order valence-electron chi connectivity index (χ3n) is 3.93. The minimum atomic E-state index is -0.597. The fraction of sp³-hybridized carbons (Fsp3) is 0.562. The van der Waals surface area contributed by atoms with Crippen molar-refractivity contribution < 1.29 is 19.2 Å². The number of benzene rings is 1. The maximum Gasteiger partial charge on any atom is 0.269 e. The molecule has 23 heavy (non-hydrogen) atoms. The molecule has 1 heterocycles. The van der Waals surface area contributed by atoms with Crippen molar-refractivity contribution in [2.24, 2.45) is 0 Å². The first kappa shape index (κ1) is 17.4. The number of likely N-dealkylation sites (N-methyl/N-ethyl adjacent to an activating group) is 1. The van der Waals surface area contributed by atoms with Crippen LogP contribution in [0.15, 0.2) is 24.3 Å². The number of amides is 1. The number of non-ortho nitro benzene ring substituents is 1. The van der Waals surface area contributed by atoms with Crippen LogP contribution in [-0.2, 0) is 14.3 Å². The number of nitro benzene ring substituents is 1.